The second kappa shape index (κ2) is 6.17. The first-order valence-corrected chi connectivity index (χ1v) is 9.07. The molecule has 9 heteroatoms. The molecule has 129 valence electrons. The van der Waals surface area contributed by atoms with Gasteiger partial charge in [-0.2, -0.15) is 5.10 Å². The predicted octanol–water partition coefficient (Wildman–Crippen LogP) is 1.67. The van der Waals surface area contributed by atoms with Gasteiger partial charge >= 0.3 is 0 Å². The highest BCUT2D eigenvalue weighted by molar-refractivity contribution is 7.92. The Kier molecular flexibility index (Phi) is 4.17. The first-order chi connectivity index (χ1) is 11.8. The average molecular weight is 361 g/mol. The topological polar surface area (TPSA) is 92.6 Å². The Hall–Kier alpha value is -2.94. The van der Waals surface area contributed by atoms with Crippen LogP contribution in [0, 0.1) is 11.9 Å². The number of hydrogen-bond donors (Lipinski definition) is 2. The molecule has 7 nitrogen and oxygen atoms in total. The molecule has 0 aliphatic carbocycles. The lowest BCUT2D eigenvalue weighted by molar-refractivity contribution is 0.0965. The third kappa shape index (κ3) is 3.45. The summed E-state index contributed by atoms with van der Waals surface area (Å²) < 4.78 is 39.6. The highest BCUT2D eigenvalue weighted by Crippen LogP contribution is 2.27. The molecule has 0 bridgehead atoms. The van der Waals surface area contributed by atoms with Crippen LogP contribution in [-0.4, -0.2) is 37.2 Å². The molecule has 25 heavy (non-hydrogen) atoms. The lowest BCUT2D eigenvalue weighted by Crippen LogP contribution is -2.18. The van der Waals surface area contributed by atoms with E-state index in [4.69, 9.17) is 0 Å². The number of anilines is 1. The fourth-order valence-corrected chi connectivity index (χ4v) is 2.92. The summed E-state index contributed by atoms with van der Waals surface area (Å²) >= 11 is 0. The van der Waals surface area contributed by atoms with Crippen LogP contribution in [0.2, 0.25) is 0 Å². The molecule has 3 rings (SSSR count). The highest BCUT2D eigenvalue weighted by Gasteiger charge is 2.20. The van der Waals surface area contributed by atoms with Crippen LogP contribution in [-0.2, 0) is 10.0 Å². The number of halogens is 1. The smallest absolute Gasteiger partial charge is 0.255 e. The second-order valence-electron chi connectivity index (χ2n) is 5.35. The molecule has 2 aromatic heterocycles. The van der Waals surface area contributed by atoms with Crippen LogP contribution >= 0.6 is 0 Å². The molecule has 2 N–H and O–H groups in total. The van der Waals surface area contributed by atoms with Gasteiger partial charge in [-0.25, -0.2) is 17.3 Å². The van der Waals surface area contributed by atoms with E-state index in [-0.39, 0.29) is 17.2 Å². The predicted molar refractivity (Wildman–Crippen MR) is 91.3 cm³/mol. The average Bonchev–Trinajstić information content (AvgIpc) is 2.91. The van der Waals surface area contributed by atoms with Crippen molar-refractivity contribution in [3.8, 4) is 11.3 Å². The highest BCUT2D eigenvalue weighted by atomic mass is 32.2. The number of benzene rings is 1. The van der Waals surface area contributed by atoms with Gasteiger partial charge in [-0.05, 0) is 30.3 Å². The summed E-state index contributed by atoms with van der Waals surface area (Å²) in [6.07, 6.45) is 2.43. The van der Waals surface area contributed by atoms with E-state index < -0.39 is 15.8 Å². The summed E-state index contributed by atoms with van der Waals surface area (Å²) in [7, 11) is -1.98. The number of aromatic nitrogens is 2. The van der Waals surface area contributed by atoms with Crippen molar-refractivity contribution in [2.45, 2.75) is 0 Å². The van der Waals surface area contributed by atoms with Crippen molar-refractivity contribution in [2.75, 3.05) is 18.0 Å². The van der Waals surface area contributed by atoms with Gasteiger partial charge in [0.2, 0.25) is 10.0 Å². The van der Waals surface area contributed by atoms with Crippen molar-refractivity contribution in [3.63, 3.8) is 0 Å². The molecular weight excluding hydrogens is 347 g/mol. The minimum atomic E-state index is -3.47. The quantitative estimate of drug-likeness (QED) is 0.739. The van der Waals surface area contributed by atoms with Gasteiger partial charge < -0.3 is 5.32 Å². The van der Waals surface area contributed by atoms with Gasteiger partial charge in [0.1, 0.15) is 11.5 Å². The summed E-state index contributed by atoms with van der Waals surface area (Å²) in [4.78, 5) is 12.3. The Labute approximate surface area is 143 Å². The van der Waals surface area contributed by atoms with Crippen LogP contribution in [0.25, 0.3) is 16.8 Å². The largest absolute Gasteiger partial charge is 0.355 e. The van der Waals surface area contributed by atoms with Crippen molar-refractivity contribution in [2.24, 2.45) is 0 Å². The normalized spacial score (nSPS) is 11.5. The molecule has 0 aliphatic heterocycles. The lowest BCUT2D eigenvalue weighted by atomic mass is 10.1. The molecule has 3 aromatic rings. The number of sulfonamides is 1. The molecule has 0 saturated carbocycles. The second-order valence-corrected chi connectivity index (χ2v) is 7.09. The Balaban J connectivity index is 2.21. The summed E-state index contributed by atoms with van der Waals surface area (Å²) in [6.45, 7) is 0. The first-order valence-electron chi connectivity index (χ1n) is 7.18. The Bertz CT molecular complexity index is 1060. The number of carbonyl (C=O) groups excluding carboxylic acids is 1. The van der Waals surface area contributed by atoms with Crippen LogP contribution in [0.3, 0.4) is 0 Å². The van der Waals surface area contributed by atoms with Crippen molar-refractivity contribution in [1.29, 1.82) is 0 Å². The van der Waals surface area contributed by atoms with Crippen molar-refractivity contribution < 1.29 is 17.6 Å². The molecular formula is C16H14FN4O3S. The van der Waals surface area contributed by atoms with E-state index >= 15 is 0 Å². The number of amides is 1. The molecule has 1 radical (unpaired) electrons. The molecule has 0 fully saturated rings. The number of hydrogen-bond acceptors (Lipinski definition) is 4. The molecule has 0 aliphatic rings. The number of fused-ring (bicyclic) bond motifs is 1. The lowest BCUT2D eigenvalue weighted by Gasteiger charge is -2.04. The van der Waals surface area contributed by atoms with Crippen molar-refractivity contribution in [1.82, 2.24) is 14.9 Å². The van der Waals surface area contributed by atoms with E-state index in [2.05, 4.69) is 21.2 Å². The Morgan fingerprint density at radius 3 is 2.56 bits per heavy atom. The van der Waals surface area contributed by atoms with E-state index in [0.717, 1.165) is 6.26 Å². The van der Waals surface area contributed by atoms with Gasteiger partial charge in [0, 0.05) is 18.7 Å². The summed E-state index contributed by atoms with van der Waals surface area (Å²) in [5.41, 5.74) is 1.83. The SMILES string of the molecule is CNC(=O)c1c(-c2ccc(F)cc2)nn2cc(NS(C)(=O)=O)[c]cc12. The molecule has 0 unspecified atom stereocenters. The van der Waals surface area contributed by atoms with Crippen molar-refractivity contribution in [3.05, 3.63) is 54.0 Å². The zero-order chi connectivity index (χ0) is 18.2. The molecule has 0 saturated heterocycles. The zero-order valence-electron chi connectivity index (χ0n) is 13.4. The van der Waals surface area contributed by atoms with Crippen LogP contribution in [0.4, 0.5) is 10.1 Å². The van der Waals surface area contributed by atoms with Gasteiger partial charge in [-0.1, -0.05) is 0 Å². The van der Waals surface area contributed by atoms with Gasteiger partial charge in [-0.3, -0.25) is 9.52 Å². The fourth-order valence-electron chi connectivity index (χ4n) is 2.40. The number of nitrogens with zero attached hydrogens (tertiary/aromatic N) is 2. The van der Waals surface area contributed by atoms with Gasteiger partial charge in [0.05, 0.1) is 29.2 Å². The standard InChI is InChI=1S/C16H14FN4O3S/c1-18-16(22)14-13-8-7-12(20-25(2,23)24)9-21(13)19-15(14)10-3-5-11(17)6-4-10/h3-6,8-9,20H,1-2H3,(H,18,22). The maximum absolute atomic E-state index is 13.2. The van der Waals surface area contributed by atoms with Crippen LogP contribution in [0.1, 0.15) is 10.4 Å². The van der Waals surface area contributed by atoms with E-state index in [9.17, 15) is 17.6 Å². The Morgan fingerprint density at radius 1 is 1.28 bits per heavy atom. The molecule has 1 aromatic carbocycles. The van der Waals surface area contributed by atoms with Gasteiger partial charge in [0.15, 0.2) is 0 Å². The molecule has 1 amide bonds. The number of carbonyl (C=O) groups is 1. The van der Waals surface area contributed by atoms with E-state index in [1.807, 2.05) is 0 Å². The molecule has 0 spiro atoms. The van der Waals surface area contributed by atoms with E-state index in [1.54, 1.807) is 0 Å². The maximum atomic E-state index is 13.2. The van der Waals surface area contributed by atoms with Crippen LogP contribution in [0.5, 0.6) is 0 Å². The minimum Gasteiger partial charge on any atom is -0.355 e. The summed E-state index contributed by atoms with van der Waals surface area (Å²) in [5, 5.41) is 6.89. The summed E-state index contributed by atoms with van der Waals surface area (Å²) in [5.74, 6) is -0.770. The summed E-state index contributed by atoms with van der Waals surface area (Å²) in [6, 6.07) is 9.82. The minimum absolute atomic E-state index is 0.187. The molecule has 2 heterocycles. The van der Waals surface area contributed by atoms with Crippen molar-refractivity contribution >= 4 is 27.1 Å². The third-order valence-electron chi connectivity index (χ3n) is 3.43. The number of pyridine rings is 1. The monoisotopic (exact) mass is 361 g/mol. The molecule has 0 atom stereocenters. The van der Waals surface area contributed by atoms with Crippen LogP contribution < -0.4 is 10.0 Å². The Morgan fingerprint density at radius 2 is 1.96 bits per heavy atom. The maximum Gasteiger partial charge on any atom is 0.255 e. The zero-order valence-corrected chi connectivity index (χ0v) is 14.2. The third-order valence-corrected chi connectivity index (χ3v) is 4.02. The number of nitrogens with one attached hydrogen (secondary N) is 2. The van der Waals surface area contributed by atoms with Gasteiger partial charge in [-0.15, -0.1) is 0 Å². The van der Waals surface area contributed by atoms with Gasteiger partial charge in [0.25, 0.3) is 5.91 Å². The van der Waals surface area contributed by atoms with E-state index in [1.165, 1.54) is 48.1 Å². The fraction of sp³-hybridized carbons (Fsp3) is 0.125. The van der Waals surface area contributed by atoms with Crippen LogP contribution in [0.15, 0.2) is 36.5 Å². The number of rotatable bonds is 4. The first kappa shape index (κ1) is 16.9. The van der Waals surface area contributed by atoms with E-state index in [0.29, 0.717) is 16.8 Å².